The van der Waals surface area contributed by atoms with Crippen LogP contribution in [-0.4, -0.2) is 35.3 Å². The highest BCUT2D eigenvalue weighted by Gasteiger charge is 2.01. The van der Waals surface area contributed by atoms with Crippen LogP contribution < -0.4 is 0 Å². The molecule has 0 saturated heterocycles. The maximum atomic E-state index is 10.1. The van der Waals surface area contributed by atoms with Gasteiger partial charge in [-0.25, -0.2) is 9.59 Å². The molecule has 0 spiro atoms. The molecule has 0 radical (unpaired) electrons. The molecule has 1 atom stereocenters. The van der Waals surface area contributed by atoms with E-state index in [-0.39, 0.29) is 0 Å². The van der Waals surface area contributed by atoms with E-state index in [0.29, 0.717) is 0 Å². The van der Waals surface area contributed by atoms with Gasteiger partial charge in [-0.05, 0) is 0 Å². The predicted octanol–water partition coefficient (Wildman–Crippen LogP) is -1.39. The lowest BCUT2D eigenvalue weighted by Crippen LogP contribution is -2.15. The Bertz CT molecular complexity index is 143. The molecular formula is C4H6O5. The van der Waals surface area contributed by atoms with Gasteiger partial charge in [-0.15, -0.1) is 0 Å². The number of aliphatic hydroxyl groups excluding tert-OH is 1. The molecule has 5 nitrogen and oxygen atoms in total. The van der Waals surface area contributed by atoms with Crippen molar-refractivity contribution in [2.75, 3.05) is 13.2 Å². The molecule has 0 fully saturated rings. The third-order valence-electron chi connectivity index (χ3n) is 0.443. The Morgan fingerprint density at radius 3 is 2.56 bits per heavy atom. The number of aliphatic hydroxyl groups is 1. The Balaban J connectivity index is 3.50. The van der Waals surface area contributed by atoms with Crippen molar-refractivity contribution >= 4 is 11.9 Å². The summed E-state index contributed by atoms with van der Waals surface area (Å²) in [6.45, 7) is -2.84. The van der Waals surface area contributed by atoms with Crippen LogP contribution in [0.25, 0.3) is 0 Å². The Morgan fingerprint density at radius 2 is 2.22 bits per heavy atom. The summed E-state index contributed by atoms with van der Waals surface area (Å²) in [6.07, 6.45) is 0. The molecule has 0 aromatic carbocycles. The van der Waals surface area contributed by atoms with E-state index in [1.165, 1.54) is 0 Å². The van der Waals surface area contributed by atoms with Crippen LogP contribution >= 0.6 is 0 Å². The molecule has 0 saturated carbocycles. The fraction of sp³-hybridized carbons (Fsp3) is 0.500. The molecule has 0 aliphatic heterocycles. The van der Waals surface area contributed by atoms with Crippen LogP contribution in [0.1, 0.15) is 1.37 Å². The van der Waals surface area contributed by atoms with Crippen molar-refractivity contribution < 1.29 is 25.9 Å². The fourth-order valence-electron chi connectivity index (χ4n) is 0.170. The Morgan fingerprint density at radius 1 is 1.67 bits per heavy atom. The van der Waals surface area contributed by atoms with Crippen molar-refractivity contribution in [3.8, 4) is 0 Å². The van der Waals surface area contributed by atoms with E-state index in [2.05, 4.69) is 4.74 Å². The number of hydrogen-bond acceptors (Lipinski definition) is 4. The molecule has 0 heterocycles. The van der Waals surface area contributed by atoms with Gasteiger partial charge in [0.05, 0.1) is 1.37 Å². The number of carbonyl (C=O) groups excluding carboxylic acids is 1. The van der Waals surface area contributed by atoms with E-state index in [0.717, 1.165) is 0 Å². The summed E-state index contributed by atoms with van der Waals surface area (Å²) in [5.41, 5.74) is 0. The van der Waals surface area contributed by atoms with E-state index in [1.54, 1.807) is 0 Å². The van der Waals surface area contributed by atoms with E-state index >= 15 is 0 Å². The number of aliphatic carboxylic acids is 1. The molecule has 9 heavy (non-hydrogen) atoms. The van der Waals surface area contributed by atoms with Gasteiger partial charge in [0.2, 0.25) is 0 Å². The minimum absolute atomic E-state index is 0.825. The van der Waals surface area contributed by atoms with Gasteiger partial charge >= 0.3 is 11.9 Å². The highest BCUT2D eigenvalue weighted by molar-refractivity contribution is 5.75. The van der Waals surface area contributed by atoms with Crippen LogP contribution in [0.3, 0.4) is 0 Å². The van der Waals surface area contributed by atoms with Crippen molar-refractivity contribution in [2.45, 2.75) is 0 Å². The number of ether oxygens (including phenoxy) is 1. The second kappa shape index (κ2) is 3.85. The zero-order valence-corrected chi connectivity index (χ0v) is 4.40. The first-order valence-corrected chi connectivity index (χ1v) is 2.03. The lowest BCUT2D eigenvalue weighted by molar-refractivity contribution is -0.156. The number of esters is 1. The largest absolute Gasteiger partial charge is 0.479 e. The minimum Gasteiger partial charge on any atom is -0.479 e. The molecule has 52 valence electrons. The summed E-state index contributed by atoms with van der Waals surface area (Å²) in [6, 6.07) is 0. The van der Waals surface area contributed by atoms with Crippen LogP contribution in [0.2, 0.25) is 0 Å². The predicted molar refractivity (Wildman–Crippen MR) is 25.7 cm³/mol. The monoisotopic (exact) mass is 135 g/mol. The maximum absolute atomic E-state index is 10.1. The third kappa shape index (κ3) is 4.76. The van der Waals surface area contributed by atoms with Gasteiger partial charge in [-0.1, -0.05) is 0 Å². The highest BCUT2D eigenvalue weighted by atomic mass is 16.6. The first-order chi connectivity index (χ1) is 4.54. The summed E-state index contributed by atoms with van der Waals surface area (Å²) < 4.78 is 10.2. The van der Waals surface area contributed by atoms with Crippen molar-refractivity contribution in [1.29, 1.82) is 0 Å². The van der Waals surface area contributed by atoms with Gasteiger partial charge in [0.15, 0.2) is 6.61 Å². The fourth-order valence-corrected chi connectivity index (χ4v) is 0.170. The van der Waals surface area contributed by atoms with Crippen molar-refractivity contribution in [3.05, 3.63) is 0 Å². The summed E-state index contributed by atoms with van der Waals surface area (Å²) in [5, 5.41) is 16.1. The maximum Gasteiger partial charge on any atom is 0.341 e. The Labute approximate surface area is 52.3 Å². The molecule has 0 bridgehead atoms. The van der Waals surface area contributed by atoms with Crippen LogP contribution in [0.4, 0.5) is 0 Å². The number of carboxylic acids is 1. The lowest BCUT2D eigenvalue weighted by Gasteiger charge is -1.95. The molecule has 1 unspecified atom stereocenters. The summed E-state index contributed by atoms with van der Waals surface area (Å²) in [7, 11) is 0. The van der Waals surface area contributed by atoms with Gasteiger partial charge in [-0.3, -0.25) is 0 Å². The van der Waals surface area contributed by atoms with Crippen molar-refractivity contribution in [1.82, 2.24) is 0 Å². The Hall–Kier alpha value is -1.10. The minimum atomic E-state index is -2.01. The van der Waals surface area contributed by atoms with Gasteiger partial charge < -0.3 is 14.9 Å². The smallest absolute Gasteiger partial charge is 0.341 e. The second-order valence-electron chi connectivity index (χ2n) is 1.13. The molecule has 0 aliphatic carbocycles. The quantitative estimate of drug-likeness (QED) is 0.465. The topological polar surface area (TPSA) is 83.8 Å². The lowest BCUT2D eigenvalue weighted by atomic mass is 10.7. The highest BCUT2D eigenvalue weighted by Crippen LogP contribution is 1.74. The zero-order chi connectivity index (χ0) is 8.15. The number of carbonyl (C=O) groups is 2. The van der Waals surface area contributed by atoms with E-state index in [4.69, 9.17) is 11.6 Å². The second-order valence-corrected chi connectivity index (χ2v) is 1.13. The molecular weight excluding hydrogens is 128 g/mol. The molecule has 0 aromatic rings. The SMILES string of the molecule is [2H]C(O)C(=O)OCC(=O)O. The van der Waals surface area contributed by atoms with Gasteiger partial charge in [-0.2, -0.15) is 0 Å². The number of hydrogen-bond donors (Lipinski definition) is 2. The van der Waals surface area contributed by atoms with E-state index in [9.17, 15) is 9.59 Å². The van der Waals surface area contributed by atoms with Gasteiger partial charge in [0, 0.05) is 0 Å². The van der Waals surface area contributed by atoms with Crippen LogP contribution in [0.15, 0.2) is 0 Å². The summed E-state index contributed by atoms with van der Waals surface area (Å²) >= 11 is 0. The van der Waals surface area contributed by atoms with Gasteiger partial charge in [0.1, 0.15) is 6.58 Å². The zero-order valence-electron chi connectivity index (χ0n) is 5.40. The van der Waals surface area contributed by atoms with E-state index in [1.807, 2.05) is 0 Å². The number of carboxylic acid groups (broad SMARTS) is 1. The molecule has 0 rings (SSSR count). The van der Waals surface area contributed by atoms with Crippen LogP contribution in [-0.2, 0) is 14.3 Å². The Kier molecular flexibility index (Phi) is 2.58. The van der Waals surface area contributed by atoms with Crippen molar-refractivity contribution in [2.24, 2.45) is 0 Å². The standard InChI is InChI=1S/C4H6O5/c5-1-4(8)9-2-3(6)7/h5H,1-2H2,(H,6,7)/i1D. The number of rotatable bonds is 3. The summed E-state index contributed by atoms with van der Waals surface area (Å²) in [5.74, 6) is -2.59. The van der Waals surface area contributed by atoms with Crippen molar-refractivity contribution in [3.63, 3.8) is 0 Å². The molecule has 0 amide bonds. The first-order valence-electron chi connectivity index (χ1n) is 2.60. The summed E-state index contributed by atoms with van der Waals surface area (Å²) in [4.78, 5) is 19.8. The average molecular weight is 135 g/mol. The molecule has 5 heteroatoms. The first kappa shape index (κ1) is 6.03. The molecule has 0 aliphatic rings. The van der Waals surface area contributed by atoms with Gasteiger partial charge in [0.25, 0.3) is 0 Å². The normalized spacial score (nSPS) is 13.7. The molecule has 0 aromatic heterocycles. The van der Waals surface area contributed by atoms with Crippen LogP contribution in [0.5, 0.6) is 0 Å². The van der Waals surface area contributed by atoms with Crippen LogP contribution in [0, 0.1) is 0 Å². The van der Waals surface area contributed by atoms with E-state index < -0.39 is 25.1 Å². The third-order valence-corrected chi connectivity index (χ3v) is 0.443. The molecule has 2 N–H and O–H groups in total. The average Bonchev–Trinajstić information content (AvgIpc) is 1.82.